The summed E-state index contributed by atoms with van der Waals surface area (Å²) in [6.45, 7) is 3.12. The number of urea groups is 1. The molecule has 0 bridgehead atoms. The number of para-hydroxylation sites is 2. The first-order valence-corrected chi connectivity index (χ1v) is 10.3. The fraction of sp³-hybridized carbons (Fsp3) is 0.286. The second-order valence-electron chi connectivity index (χ2n) is 6.54. The van der Waals surface area contributed by atoms with Crippen LogP contribution in [0.5, 0.6) is 0 Å². The van der Waals surface area contributed by atoms with E-state index >= 15 is 0 Å². The molecule has 0 fully saturated rings. The van der Waals surface area contributed by atoms with Crippen molar-refractivity contribution in [2.75, 3.05) is 23.5 Å². The van der Waals surface area contributed by atoms with E-state index in [4.69, 9.17) is 4.74 Å². The maximum Gasteiger partial charge on any atom is 0.329 e. The van der Waals surface area contributed by atoms with E-state index in [9.17, 15) is 14.4 Å². The van der Waals surface area contributed by atoms with Crippen molar-refractivity contribution in [2.45, 2.75) is 24.8 Å². The Labute approximate surface area is 174 Å². The minimum atomic E-state index is -0.884. The second-order valence-corrected chi connectivity index (χ2v) is 7.39. The summed E-state index contributed by atoms with van der Waals surface area (Å²) in [6.07, 6.45) is 1.91. The minimum absolute atomic E-state index is 0.218. The lowest BCUT2D eigenvalue weighted by atomic mass is 10.1. The monoisotopic (exact) mass is 415 g/mol. The van der Waals surface area contributed by atoms with E-state index in [-0.39, 0.29) is 5.92 Å². The largest absolute Gasteiger partial charge is 0.454 e. The Hall–Kier alpha value is -3.00. The lowest BCUT2D eigenvalue weighted by Crippen LogP contribution is -2.47. The highest BCUT2D eigenvalue weighted by Crippen LogP contribution is 2.24. The van der Waals surface area contributed by atoms with Crippen molar-refractivity contribution < 1.29 is 19.1 Å². The molecule has 3 N–H and O–H groups in total. The van der Waals surface area contributed by atoms with Gasteiger partial charge >= 0.3 is 12.0 Å². The van der Waals surface area contributed by atoms with E-state index in [2.05, 4.69) is 16.0 Å². The lowest BCUT2D eigenvalue weighted by molar-refractivity contribution is -0.150. The van der Waals surface area contributed by atoms with Crippen molar-refractivity contribution in [1.82, 2.24) is 5.32 Å². The third-order valence-electron chi connectivity index (χ3n) is 3.97. The standard InChI is InChI=1S/C21H25N3O4S/c1-14(2)19(24-21(27)22-15-9-5-4-6-10-15)20(26)28-13-18(25)23-16-11-7-8-12-17(16)29-3/h4-12,14,19H,13H2,1-3H3,(H,23,25)(H2,22,24,27)/t19-/m1/s1. The number of rotatable bonds is 8. The minimum Gasteiger partial charge on any atom is -0.454 e. The van der Waals surface area contributed by atoms with Crippen LogP contribution >= 0.6 is 11.8 Å². The Morgan fingerprint density at radius 2 is 1.62 bits per heavy atom. The van der Waals surface area contributed by atoms with E-state index in [1.165, 1.54) is 11.8 Å². The van der Waals surface area contributed by atoms with Crippen molar-refractivity contribution in [2.24, 2.45) is 5.92 Å². The van der Waals surface area contributed by atoms with Gasteiger partial charge in [-0.05, 0) is 36.4 Å². The van der Waals surface area contributed by atoms with Gasteiger partial charge in [0, 0.05) is 10.6 Å². The highest BCUT2D eigenvalue weighted by molar-refractivity contribution is 7.98. The molecule has 0 heterocycles. The second kappa shape index (κ2) is 11.1. The number of hydrogen-bond acceptors (Lipinski definition) is 5. The number of esters is 1. The molecule has 0 aliphatic heterocycles. The van der Waals surface area contributed by atoms with Crippen LogP contribution in [0.25, 0.3) is 0 Å². The summed E-state index contributed by atoms with van der Waals surface area (Å²) >= 11 is 1.50. The van der Waals surface area contributed by atoms with Gasteiger partial charge in [0.25, 0.3) is 5.91 Å². The number of hydrogen-bond donors (Lipinski definition) is 3. The number of amides is 3. The van der Waals surface area contributed by atoms with Crippen LogP contribution in [-0.4, -0.2) is 36.8 Å². The highest BCUT2D eigenvalue weighted by Gasteiger charge is 2.26. The van der Waals surface area contributed by atoms with Crippen LogP contribution in [0.15, 0.2) is 59.5 Å². The van der Waals surface area contributed by atoms with E-state index in [1.807, 2.05) is 30.5 Å². The van der Waals surface area contributed by atoms with Gasteiger partial charge < -0.3 is 20.7 Å². The molecule has 1 atom stereocenters. The highest BCUT2D eigenvalue weighted by atomic mass is 32.2. The van der Waals surface area contributed by atoms with Gasteiger partial charge in [-0.25, -0.2) is 9.59 Å². The Balaban J connectivity index is 1.88. The number of carbonyl (C=O) groups excluding carboxylic acids is 3. The summed E-state index contributed by atoms with van der Waals surface area (Å²) in [6, 6.07) is 14.8. The van der Waals surface area contributed by atoms with Crippen molar-refractivity contribution in [3.05, 3.63) is 54.6 Å². The number of carbonyl (C=O) groups is 3. The summed E-state index contributed by atoms with van der Waals surface area (Å²) in [5.74, 6) is -1.34. The molecule has 154 valence electrons. The molecule has 2 aromatic rings. The van der Waals surface area contributed by atoms with Crippen molar-refractivity contribution in [3.8, 4) is 0 Å². The van der Waals surface area contributed by atoms with Gasteiger partial charge in [-0.3, -0.25) is 4.79 Å². The Bertz CT molecular complexity index is 843. The van der Waals surface area contributed by atoms with Crippen LogP contribution in [0.3, 0.4) is 0 Å². The predicted octanol–water partition coefficient (Wildman–Crippen LogP) is 3.74. The first-order chi connectivity index (χ1) is 13.9. The molecule has 3 amide bonds. The fourth-order valence-corrected chi connectivity index (χ4v) is 3.04. The van der Waals surface area contributed by atoms with E-state index in [1.54, 1.807) is 44.2 Å². The molecule has 0 aliphatic carbocycles. The molecular weight excluding hydrogens is 390 g/mol. The third-order valence-corrected chi connectivity index (χ3v) is 4.76. The van der Waals surface area contributed by atoms with Crippen LogP contribution in [0.1, 0.15) is 13.8 Å². The number of benzene rings is 2. The van der Waals surface area contributed by atoms with Crippen LogP contribution in [0.2, 0.25) is 0 Å². The molecule has 7 nitrogen and oxygen atoms in total. The smallest absolute Gasteiger partial charge is 0.329 e. The maximum absolute atomic E-state index is 12.4. The number of thioether (sulfide) groups is 1. The molecule has 0 saturated carbocycles. The molecule has 0 aromatic heterocycles. The molecule has 8 heteroatoms. The van der Waals surface area contributed by atoms with E-state index in [0.29, 0.717) is 11.4 Å². The third kappa shape index (κ3) is 7.15. The van der Waals surface area contributed by atoms with Crippen LogP contribution in [0.4, 0.5) is 16.2 Å². The maximum atomic E-state index is 12.4. The zero-order valence-corrected chi connectivity index (χ0v) is 17.4. The first-order valence-electron chi connectivity index (χ1n) is 9.12. The Morgan fingerprint density at radius 3 is 2.28 bits per heavy atom. The molecular formula is C21H25N3O4S. The van der Waals surface area contributed by atoms with Crippen LogP contribution < -0.4 is 16.0 Å². The topological polar surface area (TPSA) is 96.5 Å². The average Bonchev–Trinajstić information content (AvgIpc) is 2.71. The molecule has 0 radical (unpaired) electrons. The Kier molecular flexibility index (Phi) is 8.54. The summed E-state index contributed by atoms with van der Waals surface area (Å²) in [5, 5.41) is 7.97. The molecule has 0 saturated heterocycles. The van der Waals surface area contributed by atoms with Crippen LogP contribution in [-0.2, 0) is 14.3 Å². The molecule has 2 aromatic carbocycles. The van der Waals surface area contributed by atoms with Crippen molar-refractivity contribution in [1.29, 1.82) is 0 Å². The van der Waals surface area contributed by atoms with Gasteiger partial charge in [0.05, 0.1) is 5.69 Å². The van der Waals surface area contributed by atoms with Gasteiger partial charge in [-0.15, -0.1) is 11.8 Å². The molecule has 29 heavy (non-hydrogen) atoms. The van der Waals surface area contributed by atoms with Crippen molar-refractivity contribution in [3.63, 3.8) is 0 Å². The SMILES string of the molecule is CSc1ccccc1NC(=O)COC(=O)[C@H](NC(=O)Nc1ccccc1)C(C)C. The number of ether oxygens (including phenoxy) is 1. The predicted molar refractivity (Wildman–Crippen MR) is 115 cm³/mol. The van der Waals surface area contributed by atoms with Crippen LogP contribution in [0, 0.1) is 5.92 Å². The van der Waals surface area contributed by atoms with Gasteiger partial charge in [0.1, 0.15) is 6.04 Å². The fourth-order valence-electron chi connectivity index (χ4n) is 2.49. The lowest BCUT2D eigenvalue weighted by Gasteiger charge is -2.21. The van der Waals surface area contributed by atoms with E-state index in [0.717, 1.165) is 4.90 Å². The zero-order chi connectivity index (χ0) is 21.2. The molecule has 0 spiro atoms. The number of anilines is 2. The summed E-state index contributed by atoms with van der Waals surface area (Å²) in [5.41, 5.74) is 1.26. The van der Waals surface area contributed by atoms with E-state index < -0.39 is 30.6 Å². The summed E-state index contributed by atoms with van der Waals surface area (Å²) < 4.78 is 5.12. The van der Waals surface area contributed by atoms with Gasteiger partial charge in [-0.1, -0.05) is 44.2 Å². The molecule has 0 aliphatic rings. The normalized spacial score (nSPS) is 11.4. The average molecular weight is 416 g/mol. The quantitative estimate of drug-likeness (QED) is 0.451. The zero-order valence-electron chi connectivity index (χ0n) is 16.6. The molecule has 2 rings (SSSR count). The first kappa shape index (κ1) is 22.3. The van der Waals surface area contributed by atoms with Crippen molar-refractivity contribution >= 4 is 41.0 Å². The summed E-state index contributed by atoms with van der Waals surface area (Å²) in [4.78, 5) is 37.6. The Morgan fingerprint density at radius 1 is 0.966 bits per heavy atom. The van der Waals surface area contributed by atoms with Gasteiger partial charge in [0.15, 0.2) is 6.61 Å². The van der Waals surface area contributed by atoms with Gasteiger partial charge in [0.2, 0.25) is 0 Å². The summed E-state index contributed by atoms with van der Waals surface area (Å²) in [7, 11) is 0. The molecule has 0 unspecified atom stereocenters. The van der Waals surface area contributed by atoms with Gasteiger partial charge in [-0.2, -0.15) is 0 Å². The number of nitrogens with one attached hydrogen (secondary N) is 3.